The van der Waals surface area contributed by atoms with Crippen molar-refractivity contribution >= 4 is 5.91 Å². The maximum atomic E-state index is 13.4. The molecule has 17 atom stereocenters. The summed E-state index contributed by atoms with van der Waals surface area (Å²) in [5.74, 6) is -0.336. The summed E-state index contributed by atoms with van der Waals surface area (Å²) in [6, 6.07) is -1.03. The Morgan fingerprint density at radius 3 is 1.13 bits per heavy atom. The van der Waals surface area contributed by atoms with Crippen molar-refractivity contribution in [2.45, 2.75) is 336 Å². The number of aliphatic hydroxyl groups is 11. The zero-order valence-electron chi connectivity index (χ0n) is 60.2. The summed E-state index contributed by atoms with van der Waals surface area (Å²) in [4.78, 5) is 13.4. The first-order chi connectivity index (χ1) is 48.3. The molecule has 0 saturated carbocycles. The molecule has 3 heterocycles. The minimum Gasteiger partial charge on any atom is -0.394 e. The Morgan fingerprint density at radius 2 is 0.707 bits per heavy atom. The summed E-state index contributed by atoms with van der Waals surface area (Å²) >= 11 is 0. The normalized spacial score (nSPS) is 27.4. The van der Waals surface area contributed by atoms with Crippen LogP contribution in [0.5, 0.6) is 0 Å². The number of hydrogen-bond donors (Lipinski definition) is 12. The highest BCUT2D eigenvalue weighted by Gasteiger charge is 2.53. The maximum absolute atomic E-state index is 13.4. The molecular weight excluding hydrogens is 1260 g/mol. The third kappa shape index (κ3) is 40.0. The van der Waals surface area contributed by atoms with E-state index in [-0.39, 0.29) is 12.3 Å². The quantitative estimate of drug-likeness (QED) is 0.0199. The number of carbonyl (C=O) groups excluding carboxylic acids is 1. The fourth-order valence-corrected chi connectivity index (χ4v) is 11.8. The molecule has 0 radical (unpaired) electrons. The second kappa shape index (κ2) is 59.3. The van der Waals surface area contributed by atoms with Gasteiger partial charge >= 0.3 is 0 Å². The van der Waals surface area contributed by atoms with E-state index in [0.717, 1.165) is 89.9 Å². The Bertz CT molecular complexity index is 2310. The van der Waals surface area contributed by atoms with Crippen LogP contribution in [-0.2, 0) is 33.2 Å². The molecule has 0 aromatic heterocycles. The van der Waals surface area contributed by atoms with Crippen molar-refractivity contribution in [3.8, 4) is 0 Å². The van der Waals surface area contributed by atoms with Crippen LogP contribution in [0.15, 0.2) is 134 Å². The summed E-state index contributed by atoms with van der Waals surface area (Å²) in [7, 11) is 0. The third-order valence-electron chi connectivity index (χ3n) is 17.9. The van der Waals surface area contributed by atoms with Crippen LogP contribution in [0.1, 0.15) is 232 Å². The van der Waals surface area contributed by atoms with Crippen LogP contribution in [0.2, 0.25) is 0 Å². The third-order valence-corrected chi connectivity index (χ3v) is 17.9. The molecule has 17 unspecified atom stereocenters. The lowest BCUT2D eigenvalue weighted by molar-refractivity contribution is -0.379. The van der Waals surface area contributed by atoms with E-state index in [1.54, 1.807) is 6.08 Å². The minimum absolute atomic E-state index is 0.167. The van der Waals surface area contributed by atoms with Crippen LogP contribution in [0, 0.1) is 0 Å². The predicted molar refractivity (Wildman–Crippen MR) is 392 cm³/mol. The molecule has 0 aliphatic carbocycles. The molecule has 0 bridgehead atoms. The van der Waals surface area contributed by atoms with E-state index in [1.165, 1.54) is 109 Å². The Hall–Kier alpha value is -4.07. The summed E-state index contributed by atoms with van der Waals surface area (Å²) < 4.78 is 34.3. The Labute approximate surface area is 594 Å². The molecule has 19 nitrogen and oxygen atoms in total. The van der Waals surface area contributed by atoms with E-state index in [0.29, 0.717) is 12.8 Å². The van der Waals surface area contributed by atoms with Gasteiger partial charge in [0.1, 0.15) is 73.2 Å². The molecule has 0 spiro atoms. The lowest BCUT2D eigenvalue weighted by Crippen LogP contribution is -2.66. The minimum atomic E-state index is -2.00. The fourth-order valence-electron chi connectivity index (χ4n) is 11.8. The van der Waals surface area contributed by atoms with E-state index in [4.69, 9.17) is 28.4 Å². The molecule has 566 valence electrons. The van der Waals surface area contributed by atoms with E-state index in [9.17, 15) is 61.0 Å². The van der Waals surface area contributed by atoms with Crippen molar-refractivity contribution in [2.24, 2.45) is 0 Å². The first-order valence-corrected chi connectivity index (χ1v) is 37.9. The second-order valence-electron chi connectivity index (χ2n) is 26.4. The number of carbonyl (C=O) groups is 1. The fraction of sp³-hybridized carbons (Fsp3) is 0.713. The molecule has 12 N–H and O–H groups in total. The number of allylic oxidation sites excluding steroid dienone is 21. The van der Waals surface area contributed by atoms with Crippen molar-refractivity contribution in [1.82, 2.24) is 5.32 Å². The highest BCUT2D eigenvalue weighted by molar-refractivity contribution is 5.76. The molecule has 99 heavy (non-hydrogen) atoms. The van der Waals surface area contributed by atoms with Gasteiger partial charge in [-0.3, -0.25) is 4.79 Å². The average molecular weight is 1400 g/mol. The van der Waals surface area contributed by atoms with Gasteiger partial charge in [-0.25, -0.2) is 0 Å². The van der Waals surface area contributed by atoms with Crippen molar-refractivity contribution in [3.63, 3.8) is 0 Å². The number of hydrogen-bond acceptors (Lipinski definition) is 18. The number of ether oxygens (including phenoxy) is 6. The van der Waals surface area contributed by atoms with Gasteiger partial charge in [0.2, 0.25) is 5.91 Å². The molecule has 3 aliphatic heterocycles. The lowest BCUT2D eigenvalue weighted by Gasteiger charge is -2.48. The van der Waals surface area contributed by atoms with Gasteiger partial charge in [-0.1, -0.05) is 250 Å². The maximum Gasteiger partial charge on any atom is 0.220 e. The number of amides is 1. The number of rotatable bonds is 57. The highest BCUT2D eigenvalue weighted by Crippen LogP contribution is 2.33. The second-order valence-corrected chi connectivity index (χ2v) is 26.4. The molecule has 3 fully saturated rings. The van der Waals surface area contributed by atoms with E-state index < -0.39 is 131 Å². The molecular formula is C80H133NO18. The predicted octanol–water partition coefficient (Wildman–Crippen LogP) is 11.7. The first-order valence-electron chi connectivity index (χ1n) is 37.9. The van der Waals surface area contributed by atoms with Gasteiger partial charge in [-0.15, -0.1) is 0 Å². The smallest absolute Gasteiger partial charge is 0.220 e. The van der Waals surface area contributed by atoms with Crippen molar-refractivity contribution in [2.75, 3.05) is 26.4 Å². The van der Waals surface area contributed by atoms with Gasteiger partial charge < -0.3 is 89.9 Å². The van der Waals surface area contributed by atoms with Gasteiger partial charge in [-0.05, 0) is 109 Å². The standard InChI is InChI=1S/C80H133NO18/c1-3-5-7-9-11-13-15-17-19-21-23-25-27-29-31-33-35-37-39-41-43-45-47-49-51-53-55-57-64(85)63(81-68(86)58-56-54-52-50-48-46-44-42-40-38-36-34-32-30-28-26-24-22-20-18-16-14-12-10-8-6-4-2)62-94-78-74(92)71(89)76(66(60-83)96-78)99-80-75(93)72(90)77(67(61-84)97-80)98-79-73(91)70(88)69(87)65(59-82)95-79/h6,8,12,14,18,20,24,26,30,32,36,38-39,41-42,44,47-50,55,57,63-67,69-80,82-85,87-93H,3-5,7,9-11,13,15-17,19,21-23,25,27-29,31,33-35,37,40,43,45-46,51-54,56,58-62H2,1-2H3,(H,81,86)/b8-6-,14-12-,20-18-,26-24-,32-30-,38-36-,41-39+,44-42-,49-47+,50-48-,57-55+. The zero-order valence-corrected chi connectivity index (χ0v) is 60.2. The van der Waals surface area contributed by atoms with Gasteiger partial charge in [-0.2, -0.15) is 0 Å². The zero-order chi connectivity index (χ0) is 71.8. The van der Waals surface area contributed by atoms with Gasteiger partial charge in [0.05, 0.1) is 38.6 Å². The summed E-state index contributed by atoms with van der Waals surface area (Å²) in [6.07, 6.45) is 57.2. The van der Waals surface area contributed by atoms with E-state index >= 15 is 0 Å². The highest BCUT2D eigenvalue weighted by atomic mass is 16.8. The summed E-state index contributed by atoms with van der Waals surface area (Å²) in [5, 5.41) is 121. The van der Waals surface area contributed by atoms with Gasteiger partial charge in [0.25, 0.3) is 0 Å². The molecule has 3 aliphatic rings. The van der Waals surface area contributed by atoms with Gasteiger partial charge in [0.15, 0.2) is 18.9 Å². The van der Waals surface area contributed by atoms with Crippen LogP contribution < -0.4 is 5.32 Å². The van der Waals surface area contributed by atoms with Crippen LogP contribution in [0.4, 0.5) is 0 Å². The Balaban J connectivity index is 1.45. The van der Waals surface area contributed by atoms with Crippen molar-refractivity contribution in [1.29, 1.82) is 0 Å². The van der Waals surface area contributed by atoms with Crippen LogP contribution >= 0.6 is 0 Å². The van der Waals surface area contributed by atoms with Gasteiger partial charge in [0, 0.05) is 6.42 Å². The molecule has 1 amide bonds. The molecule has 0 aromatic rings. The van der Waals surface area contributed by atoms with Crippen LogP contribution in [0.3, 0.4) is 0 Å². The van der Waals surface area contributed by atoms with E-state index in [1.807, 2.05) is 6.08 Å². The average Bonchev–Trinajstić information content (AvgIpc) is 0.784. The molecule has 3 rings (SSSR count). The summed E-state index contributed by atoms with van der Waals surface area (Å²) in [5.41, 5.74) is 0. The van der Waals surface area contributed by atoms with Crippen molar-refractivity contribution < 1.29 is 89.4 Å². The number of nitrogens with one attached hydrogen (secondary N) is 1. The van der Waals surface area contributed by atoms with Crippen molar-refractivity contribution in [3.05, 3.63) is 134 Å². The SMILES string of the molecule is CC/C=C\C/C=C\C/C=C\C/C=C\C/C=C\C/C=C\C/C=C\C/C=C\CCCCC(=O)NC(COC1OC(CO)C(OC2OC(CO)C(OC3OC(CO)C(O)C(O)C3O)C(O)C2O)C(O)C1O)C(O)/C=C/CC/C=C/CC/C=C/CCCCCCCCCCCCCCCCCCC. The topological polar surface area (TPSA) is 307 Å². The number of unbranched alkanes of at least 4 members (excludes halogenated alkanes) is 21. The number of aliphatic hydroxyl groups excluding tert-OH is 11. The summed E-state index contributed by atoms with van der Waals surface area (Å²) in [6.45, 7) is 1.56. The van der Waals surface area contributed by atoms with Crippen LogP contribution in [-0.4, -0.2) is 193 Å². The molecule has 0 aromatic carbocycles. The molecule has 3 saturated heterocycles. The Morgan fingerprint density at radius 1 is 0.374 bits per heavy atom. The Kier molecular flexibility index (Phi) is 53.4. The largest absolute Gasteiger partial charge is 0.394 e. The van der Waals surface area contributed by atoms with E-state index in [2.05, 4.69) is 141 Å². The molecule has 19 heteroatoms. The first kappa shape index (κ1) is 89.1. The lowest BCUT2D eigenvalue weighted by atomic mass is 9.96. The monoisotopic (exact) mass is 1400 g/mol. The van der Waals surface area contributed by atoms with Crippen LogP contribution in [0.25, 0.3) is 0 Å².